The average Bonchev–Trinajstić information content (AvgIpc) is 3.38. The van der Waals surface area contributed by atoms with Gasteiger partial charge in [-0.15, -0.1) is 0 Å². The molecule has 0 saturated heterocycles. The Hall–Kier alpha value is -3.59. The summed E-state index contributed by atoms with van der Waals surface area (Å²) in [6.07, 6.45) is 4.44. The van der Waals surface area contributed by atoms with Crippen molar-refractivity contribution in [1.82, 2.24) is 9.97 Å². The SMILES string of the molecule is c1ccc(Cc2cc3c(-c4ccccc4)ncc(-c4ccco4)c3[nH]2)cc1. The van der Waals surface area contributed by atoms with E-state index in [0.29, 0.717) is 0 Å². The second-order valence-corrected chi connectivity index (χ2v) is 6.61. The van der Waals surface area contributed by atoms with Crippen molar-refractivity contribution in [1.29, 1.82) is 0 Å². The molecule has 0 bridgehead atoms. The van der Waals surface area contributed by atoms with Gasteiger partial charge in [0, 0.05) is 29.3 Å². The van der Waals surface area contributed by atoms with Gasteiger partial charge in [-0.3, -0.25) is 4.98 Å². The molecule has 3 heterocycles. The molecule has 0 aliphatic heterocycles. The van der Waals surface area contributed by atoms with Crippen LogP contribution in [0.4, 0.5) is 0 Å². The molecule has 5 aromatic rings. The maximum Gasteiger partial charge on any atom is 0.137 e. The molecule has 1 N–H and O–H groups in total. The Labute approximate surface area is 157 Å². The Bertz CT molecular complexity index is 1170. The number of nitrogens with one attached hydrogen (secondary N) is 1. The number of benzene rings is 2. The molecule has 0 amide bonds. The minimum Gasteiger partial charge on any atom is -0.464 e. The molecule has 3 aromatic heterocycles. The van der Waals surface area contributed by atoms with E-state index in [1.165, 1.54) is 5.56 Å². The first kappa shape index (κ1) is 15.6. The molecule has 0 spiro atoms. The van der Waals surface area contributed by atoms with E-state index in [9.17, 15) is 0 Å². The standard InChI is InChI=1S/C24H18N2O/c1-3-8-17(9-4-1)14-19-15-20-23(18-10-5-2-6-11-18)25-16-21(24(20)26-19)22-12-7-13-27-22/h1-13,15-16,26H,14H2. The average molecular weight is 350 g/mol. The maximum atomic E-state index is 5.64. The minimum atomic E-state index is 0.820. The van der Waals surface area contributed by atoms with E-state index < -0.39 is 0 Å². The van der Waals surface area contributed by atoms with Gasteiger partial charge in [0.05, 0.1) is 23.0 Å². The van der Waals surface area contributed by atoms with Crippen LogP contribution in [0, 0.1) is 0 Å². The van der Waals surface area contributed by atoms with Gasteiger partial charge in [0.2, 0.25) is 0 Å². The zero-order valence-corrected chi connectivity index (χ0v) is 14.7. The highest BCUT2D eigenvalue weighted by Crippen LogP contribution is 2.34. The normalized spacial score (nSPS) is 11.1. The molecule has 5 rings (SSSR count). The zero-order chi connectivity index (χ0) is 18.1. The number of pyridine rings is 1. The van der Waals surface area contributed by atoms with Crippen LogP contribution in [0.25, 0.3) is 33.5 Å². The van der Waals surface area contributed by atoms with Crippen molar-refractivity contribution in [2.45, 2.75) is 6.42 Å². The first-order chi connectivity index (χ1) is 13.4. The van der Waals surface area contributed by atoms with Crippen LogP contribution >= 0.6 is 0 Å². The molecular formula is C24H18N2O. The van der Waals surface area contributed by atoms with Crippen LogP contribution in [0.1, 0.15) is 11.3 Å². The van der Waals surface area contributed by atoms with Crippen molar-refractivity contribution >= 4 is 10.9 Å². The third-order valence-electron chi connectivity index (χ3n) is 4.79. The topological polar surface area (TPSA) is 41.8 Å². The van der Waals surface area contributed by atoms with Gasteiger partial charge in [-0.1, -0.05) is 60.7 Å². The molecule has 3 heteroatoms. The number of fused-ring (bicyclic) bond motifs is 1. The van der Waals surface area contributed by atoms with Gasteiger partial charge < -0.3 is 9.40 Å². The van der Waals surface area contributed by atoms with E-state index in [4.69, 9.17) is 9.40 Å². The fourth-order valence-corrected chi connectivity index (χ4v) is 3.53. The Morgan fingerprint density at radius 2 is 1.63 bits per heavy atom. The molecule has 0 fully saturated rings. The Kier molecular flexibility index (Phi) is 3.83. The highest BCUT2D eigenvalue weighted by molar-refractivity contribution is 6.01. The quantitative estimate of drug-likeness (QED) is 0.427. The number of furan rings is 1. The summed E-state index contributed by atoms with van der Waals surface area (Å²) in [7, 11) is 0. The number of aromatic nitrogens is 2. The van der Waals surface area contributed by atoms with E-state index in [1.807, 2.05) is 42.6 Å². The first-order valence-electron chi connectivity index (χ1n) is 9.02. The van der Waals surface area contributed by atoms with Gasteiger partial charge in [-0.25, -0.2) is 0 Å². The summed E-state index contributed by atoms with van der Waals surface area (Å²) in [5, 5.41) is 1.11. The zero-order valence-electron chi connectivity index (χ0n) is 14.7. The number of H-pyrrole nitrogens is 1. The number of hydrogen-bond acceptors (Lipinski definition) is 2. The lowest BCUT2D eigenvalue weighted by Crippen LogP contribution is -1.88. The summed E-state index contributed by atoms with van der Waals surface area (Å²) >= 11 is 0. The fraction of sp³-hybridized carbons (Fsp3) is 0.0417. The number of hydrogen-bond donors (Lipinski definition) is 1. The number of nitrogens with zero attached hydrogens (tertiary/aromatic N) is 1. The molecular weight excluding hydrogens is 332 g/mol. The molecule has 2 aromatic carbocycles. The second-order valence-electron chi connectivity index (χ2n) is 6.61. The van der Waals surface area contributed by atoms with Gasteiger partial charge in [-0.2, -0.15) is 0 Å². The summed E-state index contributed by atoms with van der Waals surface area (Å²) in [5.74, 6) is 0.820. The van der Waals surface area contributed by atoms with Crippen molar-refractivity contribution in [3.8, 4) is 22.6 Å². The lowest BCUT2D eigenvalue weighted by Gasteiger charge is -2.05. The lowest BCUT2D eigenvalue weighted by molar-refractivity contribution is 0.582. The molecule has 0 aliphatic rings. The predicted octanol–water partition coefficient (Wildman–Crippen LogP) is 6.08. The van der Waals surface area contributed by atoms with E-state index in [-0.39, 0.29) is 0 Å². The van der Waals surface area contributed by atoms with Crippen molar-refractivity contribution < 1.29 is 4.42 Å². The van der Waals surface area contributed by atoms with Crippen LogP contribution in [-0.2, 0) is 6.42 Å². The monoisotopic (exact) mass is 350 g/mol. The van der Waals surface area contributed by atoms with Crippen LogP contribution in [0.3, 0.4) is 0 Å². The predicted molar refractivity (Wildman–Crippen MR) is 108 cm³/mol. The van der Waals surface area contributed by atoms with Crippen LogP contribution in [-0.4, -0.2) is 9.97 Å². The van der Waals surface area contributed by atoms with Crippen LogP contribution in [0.2, 0.25) is 0 Å². The second kappa shape index (κ2) is 6.61. The largest absolute Gasteiger partial charge is 0.464 e. The highest BCUT2D eigenvalue weighted by Gasteiger charge is 2.15. The molecule has 0 unspecified atom stereocenters. The molecule has 0 aliphatic carbocycles. The third-order valence-corrected chi connectivity index (χ3v) is 4.79. The van der Waals surface area contributed by atoms with Gasteiger partial charge in [-0.05, 0) is 23.8 Å². The summed E-state index contributed by atoms with van der Waals surface area (Å²) in [6, 6.07) is 26.9. The number of rotatable bonds is 4. The van der Waals surface area contributed by atoms with E-state index >= 15 is 0 Å². The van der Waals surface area contributed by atoms with E-state index in [0.717, 1.165) is 45.6 Å². The Morgan fingerprint density at radius 3 is 2.37 bits per heavy atom. The van der Waals surface area contributed by atoms with Crippen molar-refractivity contribution in [2.24, 2.45) is 0 Å². The van der Waals surface area contributed by atoms with Gasteiger partial charge in [0.25, 0.3) is 0 Å². The van der Waals surface area contributed by atoms with Crippen molar-refractivity contribution in [2.75, 3.05) is 0 Å². The molecule has 27 heavy (non-hydrogen) atoms. The maximum absolute atomic E-state index is 5.64. The van der Waals surface area contributed by atoms with Crippen molar-refractivity contribution in [3.05, 3.63) is 103 Å². The number of aromatic amines is 1. The van der Waals surface area contributed by atoms with E-state index in [2.05, 4.69) is 47.4 Å². The van der Waals surface area contributed by atoms with Crippen LogP contribution in [0.5, 0.6) is 0 Å². The third kappa shape index (κ3) is 2.93. The fourth-order valence-electron chi connectivity index (χ4n) is 3.53. The summed E-state index contributed by atoms with van der Waals surface area (Å²) in [6.45, 7) is 0. The highest BCUT2D eigenvalue weighted by atomic mass is 16.3. The molecule has 0 saturated carbocycles. The molecule has 130 valence electrons. The summed E-state index contributed by atoms with van der Waals surface area (Å²) in [5.41, 5.74) is 6.57. The molecule has 0 radical (unpaired) electrons. The van der Waals surface area contributed by atoms with Crippen LogP contribution < -0.4 is 0 Å². The smallest absolute Gasteiger partial charge is 0.137 e. The van der Waals surface area contributed by atoms with E-state index in [1.54, 1.807) is 6.26 Å². The van der Waals surface area contributed by atoms with Crippen LogP contribution in [0.15, 0.2) is 95.7 Å². The van der Waals surface area contributed by atoms with Gasteiger partial charge in [0.15, 0.2) is 0 Å². The summed E-state index contributed by atoms with van der Waals surface area (Å²) in [4.78, 5) is 8.38. The first-order valence-corrected chi connectivity index (χ1v) is 9.02. The van der Waals surface area contributed by atoms with Crippen molar-refractivity contribution in [3.63, 3.8) is 0 Å². The summed E-state index contributed by atoms with van der Waals surface area (Å²) < 4.78 is 5.64. The Morgan fingerprint density at radius 1 is 0.852 bits per heavy atom. The molecule has 3 nitrogen and oxygen atoms in total. The van der Waals surface area contributed by atoms with Gasteiger partial charge >= 0.3 is 0 Å². The lowest BCUT2D eigenvalue weighted by atomic mass is 10.0. The molecule has 0 atom stereocenters. The Balaban J connectivity index is 1.70. The van der Waals surface area contributed by atoms with Gasteiger partial charge in [0.1, 0.15) is 5.76 Å². The minimum absolute atomic E-state index is 0.820.